The third-order valence-electron chi connectivity index (χ3n) is 3.86. The number of aromatic nitrogens is 3. The van der Waals surface area contributed by atoms with Crippen LogP contribution in [0.5, 0.6) is 0 Å². The Balaban J connectivity index is 1.96. The lowest BCUT2D eigenvalue weighted by Gasteiger charge is -2.12. The fraction of sp³-hybridized carbons (Fsp3) is 0. The zero-order valence-electron chi connectivity index (χ0n) is 12.3. The number of hydrogen-bond acceptors (Lipinski definition) is 2. The van der Waals surface area contributed by atoms with Gasteiger partial charge in [0.2, 0.25) is 5.95 Å². The number of nitrogens with one attached hydrogen (secondary N) is 2. The highest BCUT2D eigenvalue weighted by Gasteiger charge is 2.13. The van der Waals surface area contributed by atoms with Crippen LogP contribution in [0.2, 0.25) is 5.02 Å². The van der Waals surface area contributed by atoms with E-state index in [-0.39, 0.29) is 5.69 Å². The minimum absolute atomic E-state index is 0.260. The first-order valence-electron chi connectivity index (χ1n) is 7.25. The number of H-pyrrole nitrogens is 2. The zero-order valence-corrected chi connectivity index (χ0v) is 13.1. The molecule has 0 aliphatic heterocycles. The Bertz CT molecular complexity index is 1100. The van der Waals surface area contributed by atoms with Crippen LogP contribution in [-0.2, 0) is 0 Å². The van der Waals surface area contributed by atoms with Crippen LogP contribution in [0.15, 0.2) is 59.5 Å². The maximum atomic E-state index is 13.1. The predicted octanol–water partition coefficient (Wildman–Crippen LogP) is 4.38. The quantitative estimate of drug-likeness (QED) is 0.532. The van der Waals surface area contributed by atoms with Crippen LogP contribution in [0.25, 0.3) is 33.3 Å². The summed E-state index contributed by atoms with van der Waals surface area (Å²) >= 11 is 6.43. The Labute approximate surface area is 141 Å². The topological polar surface area (TPSA) is 61.5 Å². The van der Waals surface area contributed by atoms with Gasteiger partial charge in [-0.15, -0.1) is 0 Å². The average molecular weight is 340 g/mol. The summed E-state index contributed by atoms with van der Waals surface area (Å²) in [6.07, 6.45) is 1.47. The average Bonchev–Trinajstić information content (AvgIpc) is 2.94. The summed E-state index contributed by atoms with van der Waals surface area (Å²) in [5.41, 5.74) is 4.41. The van der Waals surface area contributed by atoms with Gasteiger partial charge in [-0.2, -0.15) is 4.39 Å². The van der Waals surface area contributed by atoms with E-state index in [9.17, 15) is 9.18 Å². The number of fused-ring (bicyclic) bond motifs is 1. The van der Waals surface area contributed by atoms with Crippen molar-refractivity contribution in [1.82, 2.24) is 15.0 Å². The molecule has 4 rings (SSSR count). The highest BCUT2D eigenvalue weighted by molar-refractivity contribution is 6.34. The minimum atomic E-state index is -0.534. The SMILES string of the molecule is O=c1[nH]c2ccc(-c3c(Cl)cccc3-c3ccc(F)nc3)cc2[nH]1. The molecule has 0 radical (unpaired) electrons. The molecular weight excluding hydrogens is 329 g/mol. The molecule has 24 heavy (non-hydrogen) atoms. The van der Waals surface area contributed by atoms with Crippen molar-refractivity contribution < 1.29 is 4.39 Å². The maximum absolute atomic E-state index is 13.1. The lowest BCUT2D eigenvalue weighted by Crippen LogP contribution is -1.99. The van der Waals surface area contributed by atoms with Crippen molar-refractivity contribution in [2.75, 3.05) is 0 Å². The normalized spacial score (nSPS) is 11.1. The lowest BCUT2D eigenvalue weighted by atomic mass is 9.95. The first-order valence-corrected chi connectivity index (χ1v) is 7.62. The molecule has 2 N–H and O–H groups in total. The predicted molar refractivity (Wildman–Crippen MR) is 92.6 cm³/mol. The van der Waals surface area contributed by atoms with Gasteiger partial charge in [-0.1, -0.05) is 29.8 Å². The fourth-order valence-electron chi connectivity index (χ4n) is 2.78. The molecule has 0 amide bonds. The maximum Gasteiger partial charge on any atom is 0.323 e. The van der Waals surface area contributed by atoms with Crippen LogP contribution in [0.3, 0.4) is 0 Å². The Hall–Kier alpha value is -2.92. The van der Waals surface area contributed by atoms with Crippen LogP contribution >= 0.6 is 11.6 Å². The van der Waals surface area contributed by atoms with Gasteiger partial charge in [0.25, 0.3) is 0 Å². The molecule has 0 aliphatic rings. The molecule has 0 unspecified atom stereocenters. The first kappa shape index (κ1) is 14.7. The molecule has 0 spiro atoms. The van der Waals surface area contributed by atoms with Crippen molar-refractivity contribution in [2.45, 2.75) is 0 Å². The molecular formula is C18H11ClFN3O. The van der Waals surface area contributed by atoms with E-state index in [1.54, 1.807) is 12.1 Å². The Kier molecular flexibility index (Phi) is 3.43. The van der Waals surface area contributed by atoms with Gasteiger partial charge in [0.1, 0.15) is 0 Å². The number of imidazole rings is 1. The molecule has 0 saturated heterocycles. The molecule has 0 saturated carbocycles. The molecule has 0 aliphatic carbocycles. The van der Waals surface area contributed by atoms with Crippen LogP contribution in [0.1, 0.15) is 0 Å². The Morgan fingerprint density at radius 1 is 0.958 bits per heavy atom. The van der Waals surface area contributed by atoms with E-state index < -0.39 is 5.95 Å². The zero-order chi connectivity index (χ0) is 16.7. The summed E-state index contributed by atoms with van der Waals surface area (Å²) in [7, 11) is 0. The van der Waals surface area contributed by atoms with Gasteiger partial charge in [-0.3, -0.25) is 0 Å². The number of aromatic amines is 2. The third-order valence-corrected chi connectivity index (χ3v) is 4.17. The van der Waals surface area contributed by atoms with Gasteiger partial charge in [0.05, 0.1) is 11.0 Å². The van der Waals surface area contributed by atoms with Crippen molar-refractivity contribution >= 4 is 22.6 Å². The van der Waals surface area contributed by atoms with Crippen LogP contribution in [0, 0.1) is 5.95 Å². The summed E-state index contributed by atoms with van der Waals surface area (Å²) in [6.45, 7) is 0. The van der Waals surface area contributed by atoms with Crippen LogP contribution in [0.4, 0.5) is 4.39 Å². The van der Waals surface area contributed by atoms with Crippen LogP contribution in [-0.4, -0.2) is 15.0 Å². The van der Waals surface area contributed by atoms with Gasteiger partial charge in [-0.25, -0.2) is 9.78 Å². The number of benzene rings is 2. The number of nitrogens with zero attached hydrogens (tertiary/aromatic N) is 1. The molecule has 0 atom stereocenters. The summed E-state index contributed by atoms with van der Waals surface area (Å²) in [5, 5.41) is 0.564. The third kappa shape index (κ3) is 2.49. The Morgan fingerprint density at radius 2 is 1.75 bits per heavy atom. The van der Waals surface area contributed by atoms with Gasteiger partial charge in [-0.05, 0) is 41.5 Å². The first-order chi connectivity index (χ1) is 11.6. The lowest BCUT2D eigenvalue weighted by molar-refractivity contribution is 0.584. The standard InChI is InChI=1S/C18H11ClFN3O/c19-13-3-1-2-12(11-5-7-16(20)21-9-11)17(13)10-4-6-14-15(8-10)23-18(24)22-14/h1-9H,(H2,22,23,24). The molecule has 4 aromatic rings. The van der Waals surface area contributed by atoms with E-state index in [0.717, 1.165) is 27.8 Å². The van der Waals surface area contributed by atoms with E-state index in [4.69, 9.17) is 11.6 Å². The van der Waals surface area contributed by atoms with Crippen molar-refractivity contribution in [1.29, 1.82) is 0 Å². The minimum Gasteiger partial charge on any atom is -0.306 e. The summed E-state index contributed by atoms with van der Waals surface area (Å²) in [6, 6.07) is 14.1. The van der Waals surface area contributed by atoms with Crippen molar-refractivity contribution in [3.8, 4) is 22.3 Å². The van der Waals surface area contributed by atoms with Crippen molar-refractivity contribution in [2.24, 2.45) is 0 Å². The molecule has 118 valence electrons. The van der Waals surface area contributed by atoms with Gasteiger partial charge in [0.15, 0.2) is 0 Å². The molecule has 6 heteroatoms. The summed E-state index contributed by atoms with van der Waals surface area (Å²) in [5.74, 6) is -0.534. The fourth-order valence-corrected chi connectivity index (χ4v) is 3.06. The van der Waals surface area contributed by atoms with Gasteiger partial charge in [0, 0.05) is 22.3 Å². The molecule has 0 fully saturated rings. The molecule has 4 nitrogen and oxygen atoms in total. The smallest absolute Gasteiger partial charge is 0.306 e. The van der Waals surface area contributed by atoms with E-state index in [1.807, 2.05) is 30.3 Å². The number of hydrogen-bond donors (Lipinski definition) is 2. The van der Waals surface area contributed by atoms with Crippen molar-refractivity contribution in [3.63, 3.8) is 0 Å². The van der Waals surface area contributed by atoms with Gasteiger partial charge >= 0.3 is 5.69 Å². The number of pyridine rings is 1. The van der Waals surface area contributed by atoms with E-state index in [2.05, 4.69) is 15.0 Å². The van der Waals surface area contributed by atoms with E-state index in [0.29, 0.717) is 10.5 Å². The monoisotopic (exact) mass is 339 g/mol. The van der Waals surface area contributed by atoms with E-state index in [1.165, 1.54) is 12.3 Å². The second kappa shape index (κ2) is 5.62. The van der Waals surface area contributed by atoms with Crippen LogP contribution < -0.4 is 5.69 Å². The molecule has 2 aromatic carbocycles. The molecule has 0 bridgehead atoms. The number of rotatable bonds is 2. The van der Waals surface area contributed by atoms with E-state index >= 15 is 0 Å². The van der Waals surface area contributed by atoms with Gasteiger partial charge < -0.3 is 9.97 Å². The highest BCUT2D eigenvalue weighted by Crippen LogP contribution is 2.38. The highest BCUT2D eigenvalue weighted by atomic mass is 35.5. The Morgan fingerprint density at radius 3 is 2.54 bits per heavy atom. The van der Waals surface area contributed by atoms with Crippen molar-refractivity contribution in [3.05, 3.63) is 76.2 Å². The molecule has 2 heterocycles. The largest absolute Gasteiger partial charge is 0.323 e. The summed E-state index contributed by atoms with van der Waals surface area (Å²) < 4.78 is 13.1. The molecule has 2 aromatic heterocycles. The second-order valence-corrected chi connectivity index (χ2v) is 5.78. The second-order valence-electron chi connectivity index (χ2n) is 5.37. The summed E-state index contributed by atoms with van der Waals surface area (Å²) in [4.78, 5) is 20.6. The number of halogens is 2.